The van der Waals surface area contributed by atoms with E-state index in [0.29, 0.717) is 48.6 Å². The van der Waals surface area contributed by atoms with Crippen LogP contribution in [0.2, 0.25) is 5.02 Å². The number of piperidine rings is 1. The lowest BCUT2D eigenvalue weighted by molar-refractivity contribution is -0.0162. The van der Waals surface area contributed by atoms with Gasteiger partial charge >= 0.3 is 0 Å². The smallest absolute Gasteiger partial charge is 0.261 e. The number of likely N-dealkylation sites (tertiary alicyclic amines) is 1. The second-order valence-corrected chi connectivity index (χ2v) is 10.4. The molecule has 6 nitrogen and oxygen atoms in total. The molecule has 3 aromatic rings. The Morgan fingerprint density at radius 2 is 1.55 bits per heavy atom. The van der Waals surface area contributed by atoms with Crippen LogP contribution in [0.5, 0.6) is 0 Å². The van der Waals surface area contributed by atoms with Gasteiger partial charge in [0.15, 0.2) is 0 Å². The van der Waals surface area contributed by atoms with Crippen LogP contribution in [-0.2, 0) is 16.4 Å². The van der Waals surface area contributed by atoms with Crippen LogP contribution in [0.3, 0.4) is 0 Å². The minimum Gasteiger partial charge on any atom is -0.389 e. The minimum absolute atomic E-state index is 0.100. The summed E-state index contributed by atoms with van der Waals surface area (Å²) in [5.74, 6) is -0.135. The zero-order valence-corrected chi connectivity index (χ0v) is 19.5. The number of sulfonamides is 1. The molecule has 1 saturated heterocycles. The molecule has 1 fully saturated rings. The van der Waals surface area contributed by atoms with E-state index in [1.165, 1.54) is 24.3 Å². The van der Waals surface area contributed by atoms with Gasteiger partial charge in [-0.05, 0) is 66.9 Å². The number of benzene rings is 3. The van der Waals surface area contributed by atoms with Crippen LogP contribution < -0.4 is 4.72 Å². The molecule has 1 heterocycles. The van der Waals surface area contributed by atoms with E-state index in [4.69, 9.17) is 11.6 Å². The number of hydrogen-bond acceptors (Lipinski definition) is 4. The van der Waals surface area contributed by atoms with Gasteiger partial charge in [0, 0.05) is 35.8 Å². The highest BCUT2D eigenvalue weighted by molar-refractivity contribution is 7.92. The van der Waals surface area contributed by atoms with Gasteiger partial charge in [-0.3, -0.25) is 9.52 Å². The largest absolute Gasteiger partial charge is 0.389 e. The fraction of sp³-hybridized carbons (Fsp3) is 0.240. The van der Waals surface area contributed by atoms with E-state index in [9.17, 15) is 18.3 Å². The third-order valence-corrected chi connectivity index (χ3v) is 7.51. The van der Waals surface area contributed by atoms with Crippen LogP contribution in [0, 0.1) is 0 Å². The highest BCUT2D eigenvalue weighted by Crippen LogP contribution is 2.27. The number of aliphatic hydroxyl groups is 1. The van der Waals surface area contributed by atoms with Crippen molar-refractivity contribution in [3.8, 4) is 0 Å². The number of nitrogens with zero attached hydrogens (tertiary/aromatic N) is 1. The van der Waals surface area contributed by atoms with E-state index >= 15 is 0 Å². The molecule has 0 atom stereocenters. The van der Waals surface area contributed by atoms with Crippen LogP contribution >= 0.6 is 11.6 Å². The van der Waals surface area contributed by atoms with Crippen molar-refractivity contribution in [3.05, 3.63) is 95.0 Å². The molecule has 0 unspecified atom stereocenters. The summed E-state index contributed by atoms with van der Waals surface area (Å²) in [6, 6.07) is 22.1. The quantitative estimate of drug-likeness (QED) is 0.544. The molecule has 0 spiro atoms. The van der Waals surface area contributed by atoms with E-state index in [2.05, 4.69) is 4.72 Å². The lowest BCUT2D eigenvalue weighted by Crippen LogP contribution is -2.47. The molecule has 1 aliphatic rings. The number of carbonyl (C=O) groups excluding carboxylic acids is 1. The van der Waals surface area contributed by atoms with Gasteiger partial charge in [0.1, 0.15) is 0 Å². The van der Waals surface area contributed by atoms with E-state index in [0.717, 1.165) is 5.56 Å². The van der Waals surface area contributed by atoms with Gasteiger partial charge in [-0.2, -0.15) is 0 Å². The van der Waals surface area contributed by atoms with Crippen molar-refractivity contribution in [3.63, 3.8) is 0 Å². The molecule has 172 valence electrons. The van der Waals surface area contributed by atoms with Crippen molar-refractivity contribution in [2.45, 2.75) is 29.8 Å². The van der Waals surface area contributed by atoms with Gasteiger partial charge in [-0.25, -0.2) is 8.42 Å². The molecule has 8 heteroatoms. The molecule has 33 heavy (non-hydrogen) atoms. The first kappa shape index (κ1) is 23.3. The average Bonchev–Trinajstić information content (AvgIpc) is 2.80. The van der Waals surface area contributed by atoms with E-state index in [1.54, 1.807) is 29.2 Å². The number of hydrogen-bond donors (Lipinski definition) is 2. The Hall–Kier alpha value is -2.87. The van der Waals surface area contributed by atoms with Gasteiger partial charge in [-0.1, -0.05) is 41.9 Å². The van der Waals surface area contributed by atoms with Crippen molar-refractivity contribution in [1.29, 1.82) is 0 Å². The molecule has 0 aromatic heterocycles. The molecule has 1 aliphatic heterocycles. The summed E-state index contributed by atoms with van der Waals surface area (Å²) in [4.78, 5) is 14.7. The highest BCUT2D eigenvalue weighted by Gasteiger charge is 2.34. The van der Waals surface area contributed by atoms with Gasteiger partial charge in [0.25, 0.3) is 15.9 Å². The first-order chi connectivity index (χ1) is 15.7. The summed E-state index contributed by atoms with van der Waals surface area (Å²) in [6.45, 7) is 0.931. The van der Waals surface area contributed by atoms with Crippen LogP contribution in [0.15, 0.2) is 83.8 Å². The summed E-state index contributed by atoms with van der Waals surface area (Å²) < 4.78 is 27.5. The Morgan fingerprint density at radius 3 is 2.15 bits per heavy atom. The number of halogens is 1. The van der Waals surface area contributed by atoms with Crippen LogP contribution in [0.25, 0.3) is 0 Å². The fourth-order valence-electron chi connectivity index (χ4n) is 3.97. The third-order valence-electron chi connectivity index (χ3n) is 5.87. The Labute approximate surface area is 198 Å². The maximum absolute atomic E-state index is 12.9. The van der Waals surface area contributed by atoms with Crippen LogP contribution in [0.4, 0.5) is 5.69 Å². The third kappa shape index (κ3) is 5.74. The second-order valence-electron chi connectivity index (χ2n) is 8.32. The number of carbonyl (C=O) groups is 1. The van der Waals surface area contributed by atoms with Gasteiger partial charge in [0.2, 0.25) is 0 Å². The zero-order valence-electron chi connectivity index (χ0n) is 17.9. The van der Waals surface area contributed by atoms with E-state index in [1.807, 2.05) is 30.3 Å². The molecule has 4 rings (SSSR count). The SMILES string of the molecule is O=C(c1ccc(NS(=O)(=O)c2ccc(Cl)cc2)cc1)N1CCC(O)(Cc2ccccc2)CC1. The maximum Gasteiger partial charge on any atom is 0.261 e. The number of rotatable bonds is 6. The predicted octanol–water partition coefficient (Wildman–Crippen LogP) is 4.35. The van der Waals surface area contributed by atoms with Gasteiger partial charge < -0.3 is 10.0 Å². The standard InChI is InChI=1S/C25H25ClN2O4S/c26-21-8-12-23(13-9-21)33(31,32)27-22-10-6-20(7-11-22)24(29)28-16-14-25(30,15-17-28)18-19-4-2-1-3-5-19/h1-13,27,30H,14-18H2. The monoisotopic (exact) mass is 484 g/mol. The topological polar surface area (TPSA) is 86.7 Å². The van der Waals surface area contributed by atoms with Crippen molar-refractivity contribution in [2.75, 3.05) is 17.8 Å². The summed E-state index contributed by atoms with van der Waals surface area (Å²) in [7, 11) is -3.75. The Morgan fingerprint density at radius 1 is 0.939 bits per heavy atom. The van der Waals surface area contributed by atoms with Crippen molar-refractivity contribution in [2.24, 2.45) is 0 Å². The van der Waals surface area contributed by atoms with Crippen molar-refractivity contribution in [1.82, 2.24) is 4.90 Å². The first-order valence-electron chi connectivity index (χ1n) is 10.7. The predicted molar refractivity (Wildman–Crippen MR) is 129 cm³/mol. The molecular formula is C25H25ClN2O4S. The molecule has 1 amide bonds. The lowest BCUT2D eigenvalue weighted by atomic mass is 9.85. The summed E-state index contributed by atoms with van der Waals surface area (Å²) in [5.41, 5.74) is 1.09. The number of nitrogens with one attached hydrogen (secondary N) is 1. The Bertz CT molecular complexity index is 1210. The van der Waals surface area contributed by atoms with Crippen LogP contribution in [0.1, 0.15) is 28.8 Å². The molecule has 0 bridgehead atoms. The molecule has 0 aliphatic carbocycles. The van der Waals surface area contributed by atoms with E-state index in [-0.39, 0.29) is 10.8 Å². The Balaban J connectivity index is 1.36. The molecule has 2 N–H and O–H groups in total. The zero-order chi connectivity index (χ0) is 23.5. The Kier molecular flexibility index (Phi) is 6.74. The minimum atomic E-state index is -3.75. The van der Waals surface area contributed by atoms with Gasteiger partial charge in [-0.15, -0.1) is 0 Å². The summed E-state index contributed by atoms with van der Waals surface area (Å²) in [6.07, 6.45) is 1.58. The number of amides is 1. The lowest BCUT2D eigenvalue weighted by Gasteiger charge is -2.38. The normalized spacial score (nSPS) is 15.8. The number of anilines is 1. The molecule has 3 aromatic carbocycles. The molecular weight excluding hydrogens is 460 g/mol. The summed E-state index contributed by atoms with van der Waals surface area (Å²) >= 11 is 5.82. The molecule has 0 saturated carbocycles. The van der Waals surface area contributed by atoms with Crippen molar-refractivity contribution >= 4 is 33.2 Å². The van der Waals surface area contributed by atoms with Crippen molar-refractivity contribution < 1.29 is 18.3 Å². The first-order valence-corrected chi connectivity index (χ1v) is 12.5. The van der Waals surface area contributed by atoms with Gasteiger partial charge in [0.05, 0.1) is 10.5 Å². The average molecular weight is 485 g/mol. The van der Waals surface area contributed by atoms with E-state index < -0.39 is 15.6 Å². The fourth-order valence-corrected chi connectivity index (χ4v) is 5.15. The molecule has 0 radical (unpaired) electrons. The highest BCUT2D eigenvalue weighted by atomic mass is 35.5. The van der Waals surface area contributed by atoms with Crippen LogP contribution in [-0.4, -0.2) is 43.0 Å². The second kappa shape index (κ2) is 9.55. The maximum atomic E-state index is 12.9. The summed E-state index contributed by atoms with van der Waals surface area (Å²) in [5, 5.41) is 11.4.